The van der Waals surface area contributed by atoms with Gasteiger partial charge in [0.15, 0.2) is 0 Å². The molecule has 2 rings (SSSR count). The highest BCUT2D eigenvalue weighted by atomic mass is 19.4. The van der Waals surface area contributed by atoms with Crippen molar-refractivity contribution < 1.29 is 17.9 Å². The summed E-state index contributed by atoms with van der Waals surface area (Å²) in [5.74, 6) is 0. The van der Waals surface area contributed by atoms with Crippen molar-refractivity contribution in [1.29, 1.82) is 0 Å². The third-order valence-electron chi connectivity index (χ3n) is 3.17. The molecule has 0 aromatic heterocycles. The van der Waals surface area contributed by atoms with E-state index in [9.17, 15) is 13.2 Å². The van der Waals surface area contributed by atoms with Gasteiger partial charge in [-0.2, -0.15) is 13.2 Å². The third-order valence-corrected chi connectivity index (χ3v) is 3.17. The van der Waals surface area contributed by atoms with Crippen LogP contribution in [0.4, 0.5) is 13.2 Å². The highest BCUT2D eigenvalue weighted by Crippen LogP contribution is 2.31. The van der Waals surface area contributed by atoms with Crippen molar-refractivity contribution in [3.63, 3.8) is 0 Å². The topological polar surface area (TPSA) is 21.3 Å². The molecule has 0 unspecified atom stereocenters. The van der Waals surface area contributed by atoms with E-state index in [1.54, 1.807) is 6.07 Å². The van der Waals surface area contributed by atoms with Gasteiger partial charge in [-0.3, -0.25) is 0 Å². The Hall–Kier alpha value is -1.85. The van der Waals surface area contributed by atoms with Crippen LogP contribution in [0, 0.1) is 0 Å². The molecular formula is C17H18F3NO. The fraction of sp³-hybridized carbons (Fsp3) is 0.294. The van der Waals surface area contributed by atoms with Crippen LogP contribution in [0.2, 0.25) is 0 Å². The van der Waals surface area contributed by atoms with E-state index < -0.39 is 11.7 Å². The van der Waals surface area contributed by atoms with E-state index in [0.717, 1.165) is 11.6 Å². The molecule has 118 valence electrons. The van der Waals surface area contributed by atoms with Gasteiger partial charge in [0, 0.05) is 13.1 Å². The lowest BCUT2D eigenvalue weighted by atomic mass is 10.1. The second-order valence-electron chi connectivity index (χ2n) is 4.87. The van der Waals surface area contributed by atoms with Gasteiger partial charge in [-0.25, -0.2) is 0 Å². The molecule has 0 aliphatic heterocycles. The number of benzene rings is 2. The molecule has 0 aliphatic carbocycles. The van der Waals surface area contributed by atoms with Gasteiger partial charge in [0.2, 0.25) is 0 Å². The molecule has 0 spiro atoms. The minimum Gasteiger partial charge on any atom is -0.375 e. The molecule has 0 saturated carbocycles. The summed E-state index contributed by atoms with van der Waals surface area (Å²) in [6, 6.07) is 15.3. The first kappa shape index (κ1) is 16.5. The smallest absolute Gasteiger partial charge is 0.375 e. The SMILES string of the molecule is FC(F)(F)c1ccccc1CNCCOCc1ccccc1. The van der Waals surface area contributed by atoms with Crippen LogP contribution in [0.1, 0.15) is 16.7 Å². The zero-order chi connectivity index (χ0) is 15.8. The van der Waals surface area contributed by atoms with Crippen molar-refractivity contribution in [1.82, 2.24) is 5.32 Å². The van der Waals surface area contributed by atoms with Crippen molar-refractivity contribution in [2.24, 2.45) is 0 Å². The average Bonchev–Trinajstić information content (AvgIpc) is 2.51. The number of halogens is 3. The zero-order valence-corrected chi connectivity index (χ0v) is 12.1. The van der Waals surface area contributed by atoms with E-state index in [4.69, 9.17) is 4.74 Å². The van der Waals surface area contributed by atoms with E-state index in [-0.39, 0.29) is 12.1 Å². The molecule has 2 aromatic rings. The summed E-state index contributed by atoms with van der Waals surface area (Å²) in [4.78, 5) is 0. The lowest BCUT2D eigenvalue weighted by molar-refractivity contribution is -0.138. The number of nitrogens with one attached hydrogen (secondary N) is 1. The summed E-state index contributed by atoms with van der Waals surface area (Å²) in [7, 11) is 0. The van der Waals surface area contributed by atoms with Gasteiger partial charge in [0.1, 0.15) is 0 Å². The summed E-state index contributed by atoms with van der Waals surface area (Å²) in [6.45, 7) is 1.62. The fourth-order valence-electron chi connectivity index (χ4n) is 2.08. The van der Waals surface area contributed by atoms with Crippen LogP contribution >= 0.6 is 0 Å². The van der Waals surface area contributed by atoms with Crippen molar-refractivity contribution in [3.8, 4) is 0 Å². The molecule has 0 bridgehead atoms. The Morgan fingerprint density at radius 1 is 0.909 bits per heavy atom. The summed E-state index contributed by atoms with van der Waals surface area (Å²) >= 11 is 0. The third kappa shape index (κ3) is 5.16. The molecule has 0 saturated heterocycles. The lowest BCUT2D eigenvalue weighted by Gasteiger charge is -2.13. The molecule has 0 fully saturated rings. The Kier molecular flexibility index (Phi) is 5.98. The molecule has 0 aliphatic rings. The van der Waals surface area contributed by atoms with E-state index in [1.807, 2.05) is 30.3 Å². The summed E-state index contributed by atoms with van der Waals surface area (Å²) < 4.78 is 43.9. The summed E-state index contributed by atoms with van der Waals surface area (Å²) in [5.41, 5.74) is 0.732. The van der Waals surface area contributed by atoms with Crippen LogP contribution in [-0.2, 0) is 24.1 Å². The van der Waals surface area contributed by atoms with Crippen LogP contribution in [0.25, 0.3) is 0 Å². The van der Waals surface area contributed by atoms with E-state index in [0.29, 0.717) is 19.8 Å². The fourth-order valence-corrected chi connectivity index (χ4v) is 2.08. The lowest BCUT2D eigenvalue weighted by Crippen LogP contribution is -2.21. The zero-order valence-electron chi connectivity index (χ0n) is 12.1. The largest absolute Gasteiger partial charge is 0.416 e. The maximum Gasteiger partial charge on any atom is 0.416 e. The molecule has 0 radical (unpaired) electrons. The summed E-state index contributed by atoms with van der Waals surface area (Å²) in [5, 5.41) is 2.98. The highest BCUT2D eigenvalue weighted by Gasteiger charge is 2.32. The number of rotatable bonds is 7. The Morgan fingerprint density at radius 3 is 2.32 bits per heavy atom. The van der Waals surface area contributed by atoms with Gasteiger partial charge in [-0.15, -0.1) is 0 Å². The number of hydrogen-bond acceptors (Lipinski definition) is 2. The Balaban J connectivity index is 1.71. The maximum absolute atomic E-state index is 12.8. The Morgan fingerprint density at radius 2 is 1.59 bits per heavy atom. The molecular weight excluding hydrogens is 291 g/mol. The number of ether oxygens (including phenoxy) is 1. The van der Waals surface area contributed by atoms with Crippen LogP contribution in [0.15, 0.2) is 54.6 Å². The molecule has 0 atom stereocenters. The highest BCUT2D eigenvalue weighted by molar-refractivity contribution is 5.29. The molecule has 1 N–H and O–H groups in total. The first-order valence-electron chi connectivity index (χ1n) is 7.05. The van der Waals surface area contributed by atoms with Gasteiger partial charge >= 0.3 is 6.18 Å². The van der Waals surface area contributed by atoms with Crippen molar-refractivity contribution in [3.05, 3.63) is 71.3 Å². The molecule has 2 nitrogen and oxygen atoms in total. The van der Waals surface area contributed by atoms with Crippen LogP contribution < -0.4 is 5.32 Å². The first-order chi connectivity index (χ1) is 10.6. The van der Waals surface area contributed by atoms with Crippen LogP contribution in [-0.4, -0.2) is 13.2 Å². The summed E-state index contributed by atoms with van der Waals surface area (Å²) in [6.07, 6.45) is -4.32. The van der Waals surface area contributed by atoms with Crippen LogP contribution in [0.3, 0.4) is 0 Å². The number of hydrogen-bond donors (Lipinski definition) is 1. The Labute approximate surface area is 127 Å². The van der Waals surface area contributed by atoms with Gasteiger partial charge < -0.3 is 10.1 Å². The van der Waals surface area contributed by atoms with Gasteiger partial charge in [0.25, 0.3) is 0 Å². The van der Waals surface area contributed by atoms with Crippen molar-refractivity contribution >= 4 is 0 Å². The molecule has 5 heteroatoms. The minimum atomic E-state index is -4.32. The minimum absolute atomic E-state index is 0.171. The second-order valence-corrected chi connectivity index (χ2v) is 4.87. The van der Waals surface area contributed by atoms with Crippen molar-refractivity contribution in [2.45, 2.75) is 19.3 Å². The monoisotopic (exact) mass is 309 g/mol. The molecule has 22 heavy (non-hydrogen) atoms. The first-order valence-corrected chi connectivity index (χ1v) is 7.05. The quantitative estimate of drug-likeness (QED) is 0.780. The molecule has 0 amide bonds. The average molecular weight is 309 g/mol. The maximum atomic E-state index is 12.8. The number of alkyl halides is 3. The van der Waals surface area contributed by atoms with E-state index in [1.165, 1.54) is 12.1 Å². The van der Waals surface area contributed by atoms with Crippen LogP contribution in [0.5, 0.6) is 0 Å². The van der Waals surface area contributed by atoms with Gasteiger partial charge in [0.05, 0.1) is 18.8 Å². The predicted octanol–water partition coefficient (Wildman–Crippen LogP) is 4.01. The standard InChI is InChI=1S/C17H18F3NO/c18-17(19,20)16-9-5-4-8-15(16)12-21-10-11-22-13-14-6-2-1-3-7-14/h1-9,21H,10-13H2. The predicted molar refractivity (Wildman–Crippen MR) is 79.2 cm³/mol. The van der Waals surface area contributed by atoms with Gasteiger partial charge in [-0.05, 0) is 17.2 Å². The normalized spacial score (nSPS) is 11.6. The second kappa shape index (κ2) is 7.96. The Bertz CT molecular complexity index is 570. The van der Waals surface area contributed by atoms with E-state index >= 15 is 0 Å². The van der Waals surface area contributed by atoms with Crippen molar-refractivity contribution in [2.75, 3.05) is 13.2 Å². The van der Waals surface area contributed by atoms with E-state index in [2.05, 4.69) is 5.32 Å². The molecule has 2 aromatic carbocycles. The molecule has 0 heterocycles. The van der Waals surface area contributed by atoms with Gasteiger partial charge in [-0.1, -0.05) is 48.5 Å².